The summed E-state index contributed by atoms with van der Waals surface area (Å²) in [5, 5.41) is 13.0. The van der Waals surface area contributed by atoms with Crippen LogP contribution in [0.4, 0.5) is 4.39 Å². The first-order valence-electron chi connectivity index (χ1n) is 8.06. The molecule has 0 bridgehead atoms. The second-order valence-corrected chi connectivity index (χ2v) is 7.30. The van der Waals surface area contributed by atoms with E-state index in [2.05, 4.69) is 5.32 Å². The van der Waals surface area contributed by atoms with Crippen LogP contribution in [0.5, 0.6) is 0 Å². The summed E-state index contributed by atoms with van der Waals surface area (Å²) >= 11 is 0. The summed E-state index contributed by atoms with van der Waals surface area (Å²) in [7, 11) is 0. The minimum atomic E-state index is -0.794. The van der Waals surface area contributed by atoms with Gasteiger partial charge in [0.15, 0.2) is 0 Å². The molecule has 1 atom stereocenters. The van der Waals surface area contributed by atoms with Crippen LogP contribution in [-0.4, -0.2) is 36.9 Å². The molecule has 1 aliphatic heterocycles. The Morgan fingerprint density at radius 1 is 1.39 bits per heavy atom. The lowest BCUT2D eigenvalue weighted by Crippen LogP contribution is -2.50. The van der Waals surface area contributed by atoms with E-state index < -0.39 is 11.5 Å². The monoisotopic (exact) mass is 323 g/mol. The van der Waals surface area contributed by atoms with E-state index in [-0.39, 0.29) is 23.7 Å². The van der Waals surface area contributed by atoms with Gasteiger partial charge in [-0.3, -0.25) is 4.79 Å². The lowest BCUT2D eigenvalue weighted by molar-refractivity contribution is -0.131. The molecule has 128 valence electrons. The molecule has 1 saturated heterocycles. The minimum Gasteiger partial charge on any atom is -0.391 e. The summed E-state index contributed by atoms with van der Waals surface area (Å²) in [5.74, 6) is -0.523. The van der Waals surface area contributed by atoms with Crippen LogP contribution in [-0.2, 0) is 14.9 Å². The Balaban J connectivity index is 2.20. The number of nitrogens with one attached hydrogen (secondary N) is 1. The Kier molecular flexibility index (Phi) is 5.42. The molecule has 0 radical (unpaired) electrons. The molecule has 1 aromatic carbocycles. The molecule has 23 heavy (non-hydrogen) atoms. The maximum atomic E-state index is 13.6. The number of hydrogen-bond donors (Lipinski definition) is 2. The van der Waals surface area contributed by atoms with Crippen LogP contribution in [0.3, 0.4) is 0 Å². The fourth-order valence-electron chi connectivity index (χ4n) is 2.82. The fourth-order valence-corrected chi connectivity index (χ4v) is 2.82. The molecular formula is C18H26FNO3. The zero-order chi connectivity index (χ0) is 17.1. The van der Waals surface area contributed by atoms with E-state index in [4.69, 9.17) is 4.74 Å². The molecule has 0 saturated carbocycles. The van der Waals surface area contributed by atoms with Crippen molar-refractivity contribution in [2.75, 3.05) is 19.8 Å². The number of aliphatic hydroxyl groups is 1. The van der Waals surface area contributed by atoms with Crippen LogP contribution < -0.4 is 5.32 Å². The maximum Gasteiger partial charge on any atom is 0.230 e. The zero-order valence-corrected chi connectivity index (χ0v) is 14.1. The SMILES string of the molecule is CC(C)(C)C(O)CNC(=O)C1(c2cccc(F)c2)CCOCC1. The Bertz CT molecular complexity index is 547. The Morgan fingerprint density at radius 3 is 2.61 bits per heavy atom. The number of halogens is 1. The molecule has 1 amide bonds. The number of carbonyl (C=O) groups excluding carboxylic acids is 1. The van der Waals surface area contributed by atoms with E-state index in [0.717, 1.165) is 0 Å². The lowest BCUT2D eigenvalue weighted by Gasteiger charge is -2.37. The molecular weight excluding hydrogens is 297 g/mol. The van der Waals surface area contributed by atoms with Crippen molar-refractivity contribution in [2.45, 2.75) is 45.1 Å². The number of benzene rings is 1. The average Bonchev–Trinajstić information content (AvgIpc) is 2.52. The summed E-state index contributed by atoms with van der Waals surface area (Å²) in [5.41, 5.74) is -0.434. The predicted octanol–water partition coefficient (Wildman–Crippen LogP) is 2.40. The van der Waals surface area contributed by atoms with E-state index in [1.54, 1.807) is 12.1 Å². The molecule has 2 rings (SSSR count). The van der Waals surface area contributed by atoms with Gasteiger partial charge in [-0.1, -0.05) is 32.9 Å². The van der Waals surface area contributed by atoms with Gasteiger partial charge in [-0.15, -0.1) is 0 Å². The van der Waals surface area contributed by atoms with Crippen LogP contribution in [0.15, 0.2) is 24.3 Å². The maximum absolute atomic E-state index is 13.6. The fraction of sp³-hybridized carbons (Fsp3) is 0.611. The molecule has 0 spiro atoms. The van der Waals surface area contributed by atoms with Gasteiger partial charge in [0.2, 0.25) is 5.91 Å². The van der Waals surface area contributed by atoms with E-state index in [1.807, 2.05) is 20.8 Å². The van der Waals surface area contributed by atoms with Gasteiger partial charge in [-0.05, 0) is 36.0 Å². The molecule has 0 aromatic heterocycles. The Hall–Kier alpha value is -1.46. The predicted molar refractivity (Wildman–Crippen MR) is 86.6 cm³/mol. The van der Waals surface area contributed by atoms with Gasteiger partial charge in [-0.2, -0.15) is 0 Å². The summed E-state index contributed by atoms with van der Waals surface area (Å²) < 4.78 is 19.0. The smallest absolute Gasteiger partial charge is 0.230 e. The zero-order valence-electron chi connectivity index (χ0n) is 14.1. The number of ether oxygens (including phenoxy) is 1. The first kappa shape index (κ1) is 17.9. The van der Waals surface area contributed by atoms with E-state index in [1.165, 1.54) is 12.1 Å². The average molecular weight is 323 g/mol. The quantitative estimate of drug-likeness (QED) is 0.894. The second kappa shape index (κ2) is 6.97. The Labute approximate surface area is 137 Å². The first-order valence-corrected chi connectivity index (χ1v) is 8.06. The highest BCUT2D eigenvalue weighted by molar-refractivity contribution is 5.88. The molecule has 5 heteroatoms. The number of hydrogen-bond acceptors (Lipinski definition) is 3. The van der Waals surface area contributed by atoms with Gasteiger partial charge in [0.25, 0.3) is 0 Å². The topological polar surface area (TPSA) is 58.6 Å². The molecule has 1 unspecified atom stereocenters. The first-order chi connectivity index (χ1) is 10.8. The molecule has 4 nitrogen and oxygen atoms in total. The number of rotatable bonds is 4. The van der Waals surface area contributed by atoms with Crippen LogP contribution in [0.1, 0.15) is 39.2 Å². The van der Waals surface area contributed by atoms with Gasteiger partial charge in [0.1, 0.15) is 5.82 Å². The largest absolute Gasteiger partial charge is 0.391 e. The van der Waals surface area contributed by atoms with Crippen molar-refractivity contribution >= 4 is 5.91 Å². The number of aliphatic hydroxyl groups excluding tert-OH is 1. The van der Waals surface area contributed by atoms with Gasteiger partial charge in [0, 0.05) is 19.8 Å². The van der Waals surface area contributed by atoms with Crippen molar-refractivity contribution in [3.63, 3.8) is 0 Å². The van der Waals surface area contributed by atoms with Crippen molar-refractivity contribution in [3.05, 3.63) is 35.6 Å². The summed E-state index contributed by atoms with van der Waals surface area (Å²) in [6.45, 7) is 6.86. The van der Waals surface area contributed by atoms with E-state index in [9.17, 15) is 14.3 Å². The lowest BCUT2D eigenvalue weighted by atomic mass is 9.73. The van der Waals surface area contributed by atoms with Gasteiger partial charge >= 0.3 is 0 Å². The second-order valence-electron chi connectivity index (χ2n) is 7.30. The third kappa shape index (κ3) is 4.09. The Morgan fingerprint density at radius 2 is 2.04 bits per heavy atom. The van der Waals surface area contributed by atoms with E-state index in [0.29, 0.717) is 31.6 Å². The molecule has 1 aromatic rings. The van der Waals surface area contributed by atoms with Crippen LogP contribution in [0, 0.1) is 11.2 Å². The summed E-state index contributed by atoms with van der Waals surface area (Å²) in [6, 6.07) is 6.20. The molecule has 1 heterocycles. The highest BCUT2D eigenvalue weighted by Crippen LogP contribution is 2.35. The molecule has 2 N–H and O–H groups in total. The molecule has 1 fully saturated rings. The minimum absolute atomic E-state index is 0.172. The number of carbonyl (C=O) groups is 1. The van der Waals surface area contributed by atoms with Gasteiger partial charge in [0.05, 0.1) is 11.5 Å². The third-order valence-corrected chi connectivity index (χ3v) is 4.61. The standard InChI is InChI=1S/C18H26FNO3/c1-17(2,3)15(21)12-20-16(22)18(7-9-23-10-8-18)13-5-4-6-14(19)11-13/h4-6,11,15,21H,7-10,12H2,1-3H3,(H,20,22). The van der Waals surface area contributed by atoms with Gasteiger partial charge in [-0.25, -0.2) is 4.39 Å². The molecule has 0 aliphatic carbocycles. The van der Waals surface area contributed by atoms with E-state index >= 15 is 0 Å². The third-order valence-electron chi connectivity index (χ3n) is 4.61. The van der Waals surface area contributed by atoms with Crippen molar-refractivity contribution in [1.29, 1.82) is 0 Å². The van der Waals surface area contributed by atoms with Gasteiger partial charge < -0.3 is 15.2 Å². The number of amides is 1. The van der Waals surface area contributed by atoms with Crippen molar-refractivity contribution in [2.24, 2.45) is 5.41 Å². The van der Waals surface area contributed by atoms with Crippen molar-refractivity contribution < 1.29 is 19.0 Å². The van der Waals surface area contributed by atoms with Crippen LogP contribution in [0.2, 0.25) is 0 Å². The summed E-state index contributed by atoms with van der Waals surface area (Å²) in [4.78, 5) is 12.9. The van der Waals surface area contributed by atoms with Crippen molar-refractivity contribution in [1.82, 2.24) is 5.32 Å². The highest BCUT2D eigenvalue weighted by Gasteiger charge is 2.42. The normalized spacial score (nSPS) is 19.2. The highest BCUT2D eigenvalue weighted by atomic mass is 19.1. The van der Waals surface area contributed by atoms with Crippen LogP contribution >= 0.6 is 0 Å². The molecule has 1 aliphatic rings. The van der Waals surface area contributed by atoms with Crippen LogP contribution in [0.25, 0.3) is 0 Å². The summed E-state index contributed by atoms with van der Waals surface area (Å²) in [6.07, 6.45) is 0.373. The van der Waals surface area contributed by atoms with Crippen molar-refractivity contribution in [3.8, 4) is 0 Å².